The number of nitro groups is 4. The molecule has 0 atom stereocenters. The molecule has 4 rings (SSSR count). The molecular weight excluding hydrogens is 1240 g/mol. The molecule has 2 radical (unpaired) electrons. The molecule has 0 amide bonds. The number of rotatable bonds is 12. The van der Waals surface area contributed by atoms with Gasteiger partial charge < -0.3 is 113 Å². The van der Waals surface area contributed by atoms with Crippen LogP contribution in [0.4, 0.5) is 22.7 Å². The largest absolute Gasteiger partial charge is 3.00 e. The average Bonchev–Trinajstić information content (AvgIpc) is 3.16. The van der Waals surface area contributed by atoms with E-state index < -0.39 is 135 Å². The van der Waals surface area contributed by atoms with Gasteiger partial charge in [0.2, 0.25) is 0 Å². The van der Waals surface area contributed by atoms with Crippen molar-refractivity contribution in [3.8, 4) is 0 Å². The fraction of sp³-hybridized carbons (Fsp3) is 0. The van der Waals surface area contributed by atoms with E-state index in [1.807, 2.05) is 0 Å². The first kappa shape index (κ1) is 85.9. The van der Waals surface area contributed by atoms with Crippen LogP contribution in [0.25, 0.3) is 0 Å². The van der Waals surface area contributed by atoms with E-state index in [-0.39, 0.29) is 125 Å². The van der Waals surface area contributed by atoms with Crippen molar-refractivity contribution in [1.29, 1.82) is 0 Å². The van der Waals surface area contributed by atoms with Gasteiger partial charge >= 0.3 is 93.6 Å². The Bertz CT molecular complexity index is 2050. The van der Waals surface area contributed by atoms with E-state index in [0.29, 0.717) is 0 Å². The maximum Gasteiger partial charge on any atom is 3.00 e. The van der Waals surface area contributed by atoms with Crippen LogP contribution in [0.2, 0.25) is 0 Å². The fourth-order valence-corrected chi connectivity index (χ4v) is 4.32. The first-order valence-corrected chi connectivity index (χ1v) is 14.6. The summed E-state index contributed by atoms with van der Waals surface area (Å²) in [6.07, 6.45) is 0. The van der Waals surface area contributed by atoms with Crippen molar-refractivity contribution in [2.45, 2.75) is 0 Å². The van der Waals surface area contributed by atoms with Crippen LogP contribution >= 0.6 is 0 Å². The molecule has 378 valence electrons. The first-order valence-electron chi connectivity index (χ1n) is 14.6. The smallest absolute Gasteiger partial charge is 0.545 e. The summed E-state index contributed by atoms with van der Waals surface area (Å²) in [5.41, 5.74) is -9.95. The predicted molar refractivity (Wildman–Crippen MR) is 209 cm³/mol. The number of carboxylic acid groups (broad SMARTS) is 8. The van der Waals surface area contributed by atoms with Crippen LogP contribution in [-0.2, 0) is 32.9 Å². The normalized spacial score (nSPS) is 8.23. The minimum atomic E-state index is -1.93. The van der Waals surface area contributed by atoms with Gasteiger partial charge in [-0.05, 0) is 12.1 Å². The van der Waals surface area contributed by atoms with Crippen LogP contribution in [0.1, 0.15) is 82.9 Å². The Morgan fingerprint density at radius 2 is 0.486 bits per heavy atom. The topological polar surface area (TPSA) is 749 Å². The quantitative estimate of drug-likeness (QED) is 0.0755. The zero-order chi connectivity index (χ0) is 46.3. The Balaban J connectivity index is -0.0000000818. The van der Waals surface area contributed by atoms with Gasteiger partial charge in [0.1, 0.15) is 0 Å². The van der Waals surface area contributed by atoms with Gasteiger partial charge in [0.05, 0.1) is 88.9 Å². The zero-order valence-electron chi connectivity index (χ0n) is 34.1. The Labute approximate surface area is 449 Å². The number of hydrogen-bond donors (Lipinski definition) is 2. The number of aromatic carboxylic acids is 8. The number of carboxylic acids is 8. The molecular formula is C32H36N4Nd2O32+6. The third-order valence-corrected chi connectivity index (χ3v) is 6.67. The molecule has 0 saturated heterocycles. The minimum absolute atomic E-state index is 0. The summed E-state index contributed by atoms with van der Waals surface area (Å²) in [4.78, 5) is 122. The third-order valence-electron chi connectivity index (χ3n) is 6.67. The summed E-state index contributed by atoms with van der Waals surface area (Å²) in [7, 11) is 0. The maximum atomic E-state index is 10.6. The average molecular weight is 1280 g/mol. The molecule has 4 aromatic rings. The number of benzene rings is 4. The summed E-state index contributed by atoms with van der Waals surface area (Å²) in [5, 5.41) is 122. The molecule has 24 N–H and O–H groups in total. The van der Waals surface area contributed by atoms with Crippen molar-refractivity contribution in [3.63, 3.8) is 0 Å². The number of nitro benzene ring substituents is 4. The first-order chi connectivity index (χ1) is 27.8. The standard InChI is InChI=1S/4C8H5NO6.2Nd.8H2O/c4*10-7(11)4-2-1-3-5(9(14)15)6(4)8(12)13;;;;;;;;;;/h4*1-3H,(H,10,11)(H,12,13);;;8*1H2/q;;;;2*+3;;;;;;;;. The van der Waals surface area contributed by atoms with Gasteiger partial charge in [0, 0.05) is 35.4 Å². The molecule has 0 aliphatic heterocycles. The molecule has 70 heavy (non-hydrogen) atoms. The second-order valence-electron chi connectivity index (χ2n) is 10.2. The van der Waals surface area contributed by atoms with Crippen LogP contribution in [0.15, 0.2) is 72.8 Å². The molecule has 0 bridgehead atoms. The molecule has 0 aliphatic rings. The van der Waals surface area contributed by atoms with Crippen molar-refractivity contribution < 1.29 is 224 Å². The van der Waals surface area contributed by atoms with Crippen LogP contribution in [-0.4, -0.2) is 88.6 Å². The maximum absolute atomic E-state index is 10.6. The van der Waals surface area contributed by atoms with Crippen molar-refractivity contribution >= 4 is 70.5 Å². The zero-order valence-corrected chi connectivity index (χ0v) is 40.5. The second-order valence-corrected chi connectivity index (χ2v) is 10.2. The minimum Gasteiger partial charge on any atom is -0.545 e. The van der Waals surface area contributed by atoms with Crippen molar-refractivity contribution in [3.05, 3.63) is 158 Å². The van der Waals surface area contributed by atoms with Crippen LogP contribution in [0.3, 0.4) is 0 Å². The molecule has 38 heteroatoms. The third kappa shape index (κ3) is 23.1. The van der Waals surface area contributed by atoms with Gasteiger partial charge in [0.25, 0.3) is 22.7 Å². The van der Waals surface area contributed by atoms with E-state index >= 15 is 0 Å². The van der Waals surface area contributed by atoms with E-state index in [1.165, 1.54) is 0 Å². The van der Waals surface area contributed by atoms with Gasteiger partial charge in [-0.3, -0.25) is 40.5 Å². The van der Waals surface area contributed by atoms with Crippen molar-refractivity contribution in [1.82, 2.24) is 0 Å². The van der Waals surface area contributed by atoms with Crippen molar-refractivity contribution in [2.75, 3.05) is 0 Å². The van der Waals surface area contributed by atoms with Gasteiger partial charge in [0.15, 0.2) is 0 Å². The SMILES string of the molecule is O.O.O=C(O)c1cccc([N+](=O)[O-])c1C(=O)[O-].O=C(O)c1cccc([N+](=O)[O-])c1C(=O)[O-].O=C([O-])c1cccc([N+](=O)[O-])c1C(=O)[O-].O=C([O-])c1cccc([N+](=O)[O-])c1C(=O)[O-].[Nd+3].[Nd+3].[OH3+].[OH3+].[OH3+].[OH3+].[OH3+].[OH3+]. The molecule has 0 unspecified atom stereocenters. The summed E-state index contributed by atoms with van der Waals surface area (Å²) >= 11 is 0. The Kier molecular flexibility index (Phi) is 47.3. The van der Waals surface area contributed by atoms with Crippen LogP contribution in [0.5, 0.6) is 0 Å². The monoisotopic (exact) mass is 1270 g/mol. The molecule has 36 nitrogen and oxygen atoms in total. The Hall–Kier alpha value is -7.38. The Morgan fingerprint density at radius 1 is 0.329 bits per heavy atom. The van der Waals surface area contributed by atoms with Crippen LogP contribution in [0, 0.1) is 122 Å². The van der Waals surface area contributed by atoms with Gasteiger partial charge in [-0.25, -0.2) is 9.59 Å². The molecule has 0 aromatic heterocycles. The van der Waals surface area contributed by atoms with E-state index in [2.05, 4.69) is 0 Å². The van der Waals surface area contributed by atoms with E-state index in [1.54, 1.807) is 0 Å². The molecule has 0 fully saturated rings. The number of hydrogen-bond acceptors (Lipinski definition) is 22. The molecule has 0 saturated carbocycles. The fourth-order valence-electron chi connectivity index (χ4n) is 4.32. The second kappa shape index (κ2) is 38.6. The number of carbonyl (C=O) groups is 8. The van der Waals surface area contributed by atoms with Gasteiger partial charge in [-0.15, -0.1) is 0 Å². The molecule has 4 aromatic carbocycles. The molecule has 0 heterocycles. The number of nitrogens with zero attached hydrogens (tertiary/aromatic N) is 4. The van der Waals surface area contributed by atoms with E-state index in [9.17, 15) is 109 Å². The summed E-state index contributed by atoms with van der Waals surface area (Å²) in [6.45, 7) is 0. The summed E-state index contributed by atoms with van der Waals surface area (Å²) < 4.78 is 0. The van der Waals surface area contributed by atoms with Gasteiger partial charge in [-0.1, -0.05) is 36.4 Å². The molecule has 0 aliphatic carbocycles. The van der Waals surface area contributed by atoms with Gasteiger partial charge in [-0.2, -0.15) is 0 Å². The predicted octanol–water partition coefficient (Wildman–Crippen LogP) is -11.2. The summed E-state index contributed by atoms with van der Waals surface area (Å²) in [5.74, 6) is -14.4. The van der Waals surface area contributed by atoms with E-state index in [0.717, 1.165) is 72.8 Å². The van der Waals surface area contributed by atoms with Crippen molar-refractivity contribution in [2.24, 2.45) is 0 Å². The Morgan fingerprint density at radius 3 is 0.614 bits per heavy atom. The molecule has 0 spiro atoms. The number of carbonyl (C=O) groups excluding carboxylic acids is 6. The van der Waals surface area contributed by atoms with E-state index in [4.69, 9.17) is 10.2 Å². The summed E-state index contributed by atoms with van der Waals surface area (Å²) in [6, 6.07) is 11.5. The van der Waals surface area contributed by atoms with Crippen LogP contribution < -0.4 is 30.6 Å².